The van der Waals surface area contributed by atoms with Crippen molar-refractivity contribution in [3.8, 4) is 0 Å². The summed E-state index contributed by atoms with van der Waals surface area (Å²) in [7, 11) is 0. The summed E-state index contributed by atoms with van der Waals surface area (Å²) in [6.07, 6.45) is 90.3. The Morgan fingerprint density at radius 1 is 0.273 bits per heavy atom. The van der Waals surface area contributed by atoms with Gasteiger partial charge in [-0.05, 0) is 135 Å². The Bertz CT molecular complexity index is 1650. The highest BCUT2D eigenvalue weighted by Gasteiger charge is 2.19. The molecule has 1 unspecified atom stereocenters. The van der Waals surface area contributed by atoms with E-state index in [-0.39, 0.29) is 31.1 Å². The highest BCUT2D eigenvalue weighted by Crippen LogP contribution is 2.15. The molecule has 0 aliphatic heterocycles. The Labute approximate surface area is 475 Å². The second-order valence-corrected chi connectivity index (χ2v) is 20.5. The molecular formula is C71H116O6. The SMILES string of the molecule is CC/C=C\C/C=C\C/C=C\C/C=C\C/C=C\CCCCCCCCCCCCCC(=O)OCC(COC(=O)CCCC/C=C\C/C=C\C/C=C\C/C=C\CC)OC(=O)CCCCCCCCC/C=C\C/C=C\CCCCC. The number of allylic oxidation sites excluding steroid dienone is 22. The molecule has 436 valence electrons. The zero-order chi connectivity index (χ0) is 55.7. The predicted molar refractivity (Wildman–Crippen MR) is 334 cm³/mol. The lowest BCUT2D eigenvalue weighted by atomic mass is 10.0. The van der Waals surface area contributed by atoms with E-state index in [0.717, 1.165) is 128 Å². The highest BCUT2D eigenvalue weighted by atomic mass is 16.6. The van der Waals surface area contributed by atoms with Crippen molar-refractivity contribution in [2.75, 3.05) is 13.2 Å². The van der Waals surface area contributed by atoms with E-state index in [0.29, 0.717) is 19.3 Å². The summed E-state index contributed by atoms with van der Waals surface area (Å²) in [6.45, 7) is 6.35. The molecule has 0 amide bonds. The lowest BCUT2D eigenvalue weighted by Crippen LogP contribution is -2.30. The average Bonchev–Trinajstić information content (AvgIpc) is 3.43. The van der Waals surface area contributed by atoms with Gasteiger partial charge in [-0.1, -0.05) is 257 Å². The maximum absolute atomic E-state index is 12.9. The molecule has 77 heavy (non-hydrogen) atoms. The Hall–Kier alpha value is -4.45. The summed E-state index contributed by atoms with van der Waals surface area (Å²) in [4.78, 5) is 38.3. The quantitative estimate of drug-likeness (QED) is 0.0261. The Kier molecular flexibility index (Phi) is 60.4. The summed E-state index contributed by atoms with van der Waals surface area (Å²) >= 11 is 0. The van der Waals surface area contributed by atoms with Gasteiger partial charge in [-0.2, -0.15) is 0 Å². The van der Waals surface area contributed by atoms with Gasteiger partial charge < -0.3 is 14.2 Å². The molecule has 0 aliphatic carbocycles. The molecule has 0 radical (unpaired) electrons. The highest BCUT2D eigenvalue weighted by molar-refractivity contribution is 5.71. The second-order valence-electron chi connectivity index (χ2n) is 20.5. The van der Waals surface area contributed by atoms with E-state index in [1.807, 2.05) is 0 Å². The third-order valence-electron chi connectivity index (χ3n) is 13.1. The molecule has 0 fully saturated rings. The standard InChI is InChI=1S/C71H116O6/c1-4-7-10-13-16-19-22-25-28-30-31-32-33-34-35-36-37-38-39-41-43-46-49-52-55-58-61-64-70(73)76-67-68(66-75-69(72)63-60-57-54-51-48-45-42-27-24-21-18-15-12-9-6-3)77-71(74)65-62-59-56-53-50-47-44-40-29-26-23-20-17-14-11-8-5-2/h7,9-10,12,16-21,25-29,31-32,34-35,42,48,51,68H,4-6,8,11,13-15,22-24,30,33,36-41,43-47,49-50,52-67H2,1-3H3/b10-7-,12-9-,19-16-,20-17-,21-18-,28-25-,29-26-,32-31-,35-34-,42-27-,51-48-. The lowest BCUT2D eigenvalue weighted by Gasteiger charge is -2.18. The van der Waals surface area contributed by atoms with Crippen molar-refractivity contribution in [1.82, 2.24) is 0 Å². The number of unbranched alkanes of at least 4 members (excludes halogenated alkanes) is 23. The first-order chi connectivity index (χ1) is 38.0. The van der Waals surface area contributed by atoms with Crippen LogP contribution in [0, 0.1) is 0 Å². The average molecular weight is 1070 g/mol. The van der Waals surface area contributed by atoms with Gasteiger partial charge in [0.25, 0.3) is 0 Å². The Balaban J connectivity index is 4.38. The Morgan fingerprint density at radius 2 is 0.506 bits per heavy atom. The minimum atomic E-state index is -0.806. The van der Waals surface area contributed by atoms with Crippen LogP contribution in [0.2, 0.25) is 0 Å². The van der Waals surface area contributed by atoms with Crippen LogP contribution in [0.4, 0.5) is 0 Å². The molecule has 0 aliphatic rings. The summed E-state index contributed by atoms with van der Waals surface area (Å²) in [5.41, 5.74) is 0. The molecule has 0 saturated carbocycles. The molecule has 0 heterocycles. The van der Waals surface area contributed by atoms with E-state index >= 15 is 0 Å². The topological polar surface area (TPSA) is 78.9 Å². The molecule has 0 aromatic heterocycles. The van der Waals surface area contributed by atoms with Crippen molar-refractivity contribution < 1.29 is 28.6 Å². The fourth-order valence-corrected chi connectivity index (χ4v) is 8.43. The van der Waals surface area contributed by atoms with Crippen LogP contribution in [0.25, 0.3) is 0 Å². The fraction of sp³-hybridized carbons (Fsp3) is 0.648. The van der Waals surface area contributed by atoms with Gasteiger partial charge in [-0.25, -0.2) is 0 Å². The second kappa shape index (κ2) is 64.1. The van der Waals surface area contributed by atoms with Crippen LogP contribution >= 0.6 is 0 Å². The van der Waals surface area contributed by atoms with Gasteiger partial charge in [0.1, 0.15) is 13.2 Å². The zero-order valence-electron chi connectivity index (χ0n) is 49.9. The Morgan fingerprint density at radius 3 is 0.818 bits per heavy atom. The van der Waals surface area contributed by atoms with E-state index < -0.39 is 6.10 Å². The first-order valence-corrected chi connectivity index (χ1v) is 31.7. The molecule has 0 spiro atoms. The lowest BCUT2D eigenvalue weighted by molar-refractivity contribution is -0.167. The number of hydrogen-bond acceptors (Lipinski definition) is 6. The monoisotopic (exact) mass is 1060 g/mol. The number of carbonyl (C=O) groups is 3. The minimum absolute atomic E-state index is 0.0992. The van der Waals surface area contributed by atoms with Gasteiger partial charge in [0.2, 0.25) is 0 Å². The third-order valence-corrected chi connectivity index (χ3v) is 13.1. The number of hydrogen-bond donors (Lipinski definition) is 0. The van der Waals surface area contributed by atoms with E-state index in [1.54, 1.807) is 0 Å². The first kappa shape index (κ1) is 72.5. The van der Waals surface area contributed by atoms with Crippen LogP contribution in [0.1, 0.15) is 278 Å². The fourth-order valence-electron chi connectivity index (χ4n) is 8.43. The molecular weight excluding hydrogens is 949 g/mol. The first-order valence-electron chi connectivity index (χ1n) is 31.7. The summed E-state index contributed by atoms with van der Waals surface area (Å²) in [5.74, 6) is -0.951. The van der Waals surface area contributed by atoms with Crippen LogP contribution in [0.5, 0.6) is 0 Å². The van der Waals surface area contributed by atoms with E-state index in [2.05, 4.69) is 154 Å². The van der Waals surface area contributed by atoms with E-state index in [4.69, 9.17) is 14.2 Å². The summed E-state index contributed by atoms with van der Waals surface area (Å²) in [6, 6.07) is 0. The van der Waals surface area contributed by atoms with Crippen LogP contribution in [-0.4, -0.2) is 37.2 Å². The van der Waals surface area contributed by atoms with Gasteiger partial charge in [-0.3, -0.25) is 14.4 Å². The molecule has 0 aromatic carbocycles. The maximum atomic E-state index is 12.9. The number of ether oxygens (including phenoxy) is 3. The normalized spacial score (nSPS) is 13.0. The molecule has 6 heteroatoms. The van der Waals surface area contributed by atoms with Crippen molar-refractivity contribution in [1.29, 1.82) is 0 Å². The minimum Gasteiger partial charge on any atom is -0.462 e. The van der Waals surface area contributed by atoms with Crippen LogP contribution < -0.4 is 0 Å². The maximum Gasteiger partial charge on any atom is 0.306 e. The van der Waals surface area contributed by atoms with E-state index in [9.17, 15) is 14.4 Å². The van der Waals surface area contributed by atoms with Crippen molar-refractivity contribution >= 4 is 17.9 Å². The molecule has 1 atom stereocenters. The summed E-state index contributed by atoms with van der Waals surface area (Å²) in [5, 5.41) is 0. The van der Waals surface area contributed by atoms with Crippen LogP contribution in [-0.2, 0) is 28.6 Å². The van der Waals surface area contributed by atoms with Gasteiger partial charge >= 0.3 is 17.9 Å². The van der Waals surface area contributed by atoms with E-state index in [1.165, 1.54) is 109 Å². The molecule has 0 saturated heterocycles. The molecule has 0 rings (SSSR count). The molecule has 0 aromatic rings. The van der Waals surface area contributed by atoms with Gasteiger partial charge in [0.15, 0.2) is 6.10 Å². The van der Waals surface area contributed by atoms with Crippen molar-refractivity contribution in [2.24, 2.45) is 0 Å². The number of carbonyl (C=O) groups excluding carboxylic acids is 3. The molecule has 6 nitrogen and oxygen atoms in total. The smallest absolute Gasteiger partial charge is 0.306 e. The van der Waals surface area contributed by atoms with Gasteiger partial charge in [0, 0.05) is 19.3 Å². The van der Waals surface area contributed by atoms with Crippen molar-refractivity contribution in [3.05, 3.63) is 134 Å². The largest absolute Gasteiger partial charge is 0.462 e. The predicted octanol–water partition coefficient (Wildman–Crippen LogP) is 21.8. The number of rotatable bonds is 56. The van der Waals surface area contributed by atoms with Crippen LogP contribution in [0.15, 0.2) is 134 Å². The van der Waals surface area contributed by atoms with Crippen LogP contribution in [0.3, 0.4) is 0 Å². The third kappa shape index (κ3) is 62.3. The number of esters is 3. The molecule has 0 N–H and O–H groups in total. The molecule has 0 bridgehead atoms. The van der Waals surface area contributed by atoms with Gasteiger partial charge in [-0.15, -0.1) is 0 Å². The van der Waals surface area contributed by atoms with Crippen molar-refractivity contribution in [3.63, 3.8) is 0 Å². The van der Waals surface area contributed by atoms with Crippen molar-refractivity contribution in [2.45, 2.75) is 284 Å². The van der Waals surface area contributed by atoms with Gasteiger partial charge in [0.05, 0.1) is 0 Å². The summed E-state index contributed by atoms with van der Waals surface area (Å²) < 4.78 is 16.9. The zero-order valence-corrected chi connectivity index (χ0v) is 49.9.